The van der Waals surface area contributed by atoms with E-state index in [1.54, 1.807) is 0 Å². The van der Waals surface area contributed by atoms with E-state index in [1.165, 1.54) is 70.6 Å². The van der Waals surface area contributed by atoms with Crippen LogP contribution >= 0.6 is 0 Å². The molecule has 19 heavy (non-hydrogen) atoms. The Balaban J connectivity index is 1.74. The standard InChI is InChI=1S/C16H30O2Si/c1-17-19(16-11-7-4-8-12-16)18-14-13-15-9-5-2-3-6-10-15/h13-16,19H,2-12H2,1H3. The molecule has 110 valence electrons. The predicted molar refractivity (Wildman–Crippen MR) is 82.4 cm³/mol. The van der Waals surface area contributed by atoms with Gasteiger partial charge in [-0.25, -0.2) is 0 Å². The Morgan fingerprint density at radius 3 is 2.05 bits per heavy atom. The van der Waals surface area contributed by atoms with Gasteiger partial charge in [0.05, 0.1) is 6.26 Å². The SMILES string of the molecule is CO[SiH](OC=CC1CCCCCC1)C1CCCCC1. The Morgan fingerprint density at radius 2 is 1.42 bits per heavy atom. The zero-order valence-electron chi connectivity index (χ0n) is 12.5. The molecule has 0 heterocycles. The molecule has 0 spiro atoms. The summed E-state index contributed by atoms with van der Waals surface area (Å²) >= 11 is 0. The fourth-order valence-corrected chi connectivity index (χ4v) is 5.48. The van der Waals surface area contributed by atoms with Gasteiger partial charge in [-0.15, -0.1) is 0 Å². The minimum atomic E-state index is -1.46. The first-order valence-corrected chi connectivity index (χ1v) is 9.86. The molecule has 0 aromatic rings. The summed E-state index contributed by atoms with van der Waals surface area (Å²) in [6, 6.07) is 0. The number of allylic oxidation sites excluding steroid dienone is 1. The van der Waals surface area contributed by atoms with Crippen LogP contribution in [0.1, 0.15) is 70.6 Å². The Morgan fingerprint density at radius 1 is 0.842 bits per heavy atom. The van der Waals surface area contributed by atoms with Crippen molar-refractivity contribution in [2.24, 2.45) is 5.92 Å². The average Bonchev–Trinajstić information content (AvgIpc) is 2.73. The van der Waals surface area contributed by atoms with Gasteiger partial charge < -0.3 is 8.85 Å². The van der Waals surface area contributed by atoms with Gasteiger partial charge in [-0.05, 0) is 37.7 Å². The molecule has 0 aliphatic heterocycles. The third-order valence-electron chi connectivity index (χ3n) is 4.73. The highest BCUT2D eigenvalue weighted by molar-refractivity contribution is 6.46. The first-order valence-electron chi connectivity index (χ1n) is 8.25. The molecule has 0 N–H and O–H groups in total. The van der Waals surface area contributed by atoms with Crippen LogP contribution in [-0.2, 0) is 8.85 Å². The molecule has 0 aromatic carbocycles. The number of rotatable bonds is 5. The number of hydrogen-bond donors (Lipinski definition) is 0. The first kappa shape index (κ1) is 15.1. The minimum Gasteiger partial charge on any atom is -0.529 e. The molecular formula is C16H30O2Si. The maximum atomic E-state index is 6.01. The van der Waals surface area contributed by atoms with Crippen LogP contribution in [0.15, 0.2) is 12.3 Å². The lowest BCUT2D eigenvalue weighted by Gasteiger charge is -2.26. The van der Waals surface area contributed by atoms with Crippen molar-refractivity contribution in [3.8, 4) is 0 Å². The van der Waals surface area contributed by atoms with Crippen molar-refractivity contribution in [3.05, 3.63) is 12.3 Å². The zero-order valence-corrected chi connectivity index (χ0v) is 13.6. The monoisotopic (exact) mass is 282 g/mol. The van der Waals surface area contributed by atoms with Crippen LogP contribution in [0.4, 0.5) is 0 Å². The van der Waals surface area contributed by atoms with E-state index in [0.29, 0.717) is 0 Å². The van der Waals surface area contributed by atoms with Gasteiger partial charge >= 0.3 is 9.28 Å². The molecule has 1 atom stereocenters. The fraction of sp³-hybridized carbons (Fsp3) is 0.875. The van der Waals surface area contributed by atoms with Crippen LogP contribution in [0, 0.1) is 5.92 Å². The summed E-state index contributed by atoms with van der Waals surface area (Å²) in [5.74, 6) is 0.750. The third-order valence-corrected chi connectivity index (χ3v) is 7.06. The minimum absolute atomic E-state index is 0.734. The zero-order chi connectivity index (χ0) is 13.3. The summed E-state index contributed by atoms with van der Waals surface area (Å²) in [4.78, 5) is 0. The summed E-state index contributed by atoms with van der Waals surface area (Å²) in [7, 11) is 0.374. The molecule has 2 saturated carbocycles. The van der Waals surface area contributed by atoms with Crippen molar-refractivity contribution in [2.75, 3.05) is 7.11 Å². The predicted octanol–water partition coefficient (Wildman–Crippen LogP) is 4.69. The summed E-state index contributed by atoms with van der Waals surface area (Å²) in [5, 5.41) is 0. The lowest BCUT2D eigenvalue weighted by atomic mass is 10.0. The third kappa shape index (κ3) is 5.31. The second-order valence-corrected chi connectivity index (χ2v) is 8.64. The van der Waals surface area contributed by atoms with Gasteiger partial charge in [0.15, 0.2) is 0 Å². The molecule has 0 amide bonds. The lowest BCUT2D eigenvalue weighted by Crippen LogP contribution is -2.27. The Labute approximate surface area is 120 Å². The molecule has 2 rings (SSSR count). The van der Waals surface area contributed by atoms with Crippen molar-refractivity contribution in [1.29, 1.82) is 0 Å². The normalized spacial score (nSPS) is 25.3. The molecule has 3 heteroatoms. The van der Waals surface area contributed by atoms with Crippen LogP contribution in [0.5, 0.6) is 0 Å². The molecule has 0 radical (unpaired) electrons. The van der Waals surface area contributed by atoms with Gasteiger partial charge in [-0.2, -0.15) is 0 Å². The van der Waals surface area contributed by atoms with Crippen molar-refractivity contribution < 1.29 is 8.85 Å². The fourth-order valence-electron chi connectivity index (χ4n) is 3.50. The Hall–Kier alpha value is -0.283. The summed E-state index contributed by atoms with van der Waals surface area (Å²) in [6.45, 7) is 0. The van der Waals surface area contributed by atoms with Crippen molar-refractivity contribution in [2.45, 2.75) is 76.2 Å². The summed E-state index contributed by atoms with van der Waals surface area (Å²) in [6.07, 6.45) is 19.4. The van der Waals surface area contributed by atoms with Crippen LogP contribution in [0.2, 0.25) is 5.54 Å². The molecular weight excluding hydrogens is 252 g/mol. The molecule has 0 bridgehead atoms. The molecule has 0 saturated heterocycles. The smallest absolute Gasteiger partial charge is 0.384 e. The second-order valence-electron chi connectivity index (χ2n) is 6.22. The van der Waals surface area contributed by atoms with Crippen molar-refractivity contribution >= 4 is 9.28 Å². The largest absolute Gasteiger partial charge is 0.529 e. The van der Waals surface area contributed by atoms with Crippen molar-refractivity contribution in [1.82, 2.24) is 0 Å². The van der Waals surface area contributed by atoms with E-state index in [0.717, 1.165) is 11.5 Å². The second kappa shape index (κ2) is 8.80. The van der Waals surface area contributed by atoms with E-state index in [2.05, 4.69) is 6.08 Å². The Kier molecular flexibility index (Phi) is 7.00. The summed E-state index contributed by atoms with van der Waals surface area (Å²) < 4.78 is 11.7. The van der Waals surface area contributed by atoms with E-state index in [-0.39, 0.29) is 0 Å². The highest BCUT2D eigenvalue weighted by Gasteiger charge is 2.27. The maximum Gasteiger partial charge on any atom is 0.384 e. The maximum absolute atomic E-state index is 6.01. The summed E-state index contributed by atoms with van der Waals surface area (Å²) in [5.41, 5.74) is 0.734. The number of hydrogen-bond acceptors (Lipinski definition) is 2. The molecule has 2 aliphatic carbocycles. The highest BCUT2D eigenvalue weighted by Crippen LogP contribution is 2.32. The van der Waals surface area contributed by atoms with E-state index in [9.17, 15) is 0 Å². The van der Waals surface area contributed by atoms with Gasteiger partial charge in [0, 0.05) is 12.7 Å². The first-order chi connectivity index (χ1) is 9.40. The van der Waals surface area contributed by atoms with E-state index >= 15 is 0 Å². The molecule has 2 fully saturated rings. The van der Waals surface area contributed by atoms with E-state index < -0.39 is 9.28 Å². The topological polar surface area (TPSA) is 18.5 Å². The van der Waals surface area contributed by atoms with Crippen LogP contribution < -0.4 is 0 Å². The average molecular weight is 282 g/mol. The van der Waals surface area contributed by atoms with E-state index in [4.69, 9.17) is 8.85 Å². The van der Waals surface area contributed by atoms with Crippen LogP contribution in [0.3, 0.4) is 0 Å². The van der Waals surface area contributed by atoms with Crippen LogP contribution in [-0.4, -0.2) is 16.4 Å². The Bertz CT molecular complexity index is 253. The van der Waals surface area contributed by atoms with Gasteiger partial charge in [-0.1, -0.05) is 44.9 Å². The van der Waals surface area contributed by atoms with E-state index in [1.807, 2.05) is 13.4 Å². The molecule has 2 nitrogen and oxygen atoms in total. The molecule has 2 aliphatic rings. The molecule has 0 aromatic heterocycles. The quantitative estimate of drug-likeness (QED) is 0.414. The highest BCUT2D eigenvalue weighted by atomic mass is 28.3. The van der Waals surface area contributed by atoms with Gasteiger partial charge in [0.1, 0.15) is 0 Å². The lowest BCUT2D eigenvalue weighted by molar-refractivity contribution is 0.275. The molecule has 1 unspecified atom stereocenters. The van der Waals surface area contributed by atoms with Gasteiger partial charge in [-0.3, -0.25) is 0 Å². The van der Waals surface area contributed by atoms with Gasteiger partial charge in [0.25, 0.3) is 0 Å². The van der Waals surface area contributed by atoms with Crippen molar-refractivity contribution in [3.63, 3.8) is 0 Å². The van der Waals surface area contributed by atoms with Gasteiger partial charge in [0.2, 0.25) is 0 Å². The van der Waals surface area contributed by atoms with Crippen LogP contribution in [0.25, 0.3) is 0 Å².